The van der Waals surface area contributed by atoms with E-state index in [0.717, 1.165) is 6.61 Å². The number of methoxy groups -OCH3 is 1. The molecule has 2 unspecified atom stereocenters. The monoisotopic (exact) mass is 199 g/mol. The van der Waals surface area contributed by atoms with Crippen molar-refractivity contribution >= 4 is 5.97 Å². The van der Waals surface area contributed by atoms with Crippen LogP contribution in [0.25, 0.3) is 0 Å². The molecule has 0 spiro atoms. The van der Waals surface area contributed by atoms with Crippen molar-refractivity contribution in [1.82, 2.24) is 5.32 Å². The summed E-state index contributed by atoms with van der Waals surface area (Å²) in [5.74, 6) is 0.483. The van der Waals surface area contributed by atoms with E-state index in [0.29, 0.717) is 18.6 Å². The molecule has 2 rings (SSSR count). The van der Waals surface area contributed by atoms with Crippen LogP contribution in [-0.2, 0) is 14.3 Å². The van der Waals surface area contributed by atoms with Crippen molar-refractivity contribution in [1.29, 1.82) is 0 Å². The maximum atomic E-state index is 11.3. The normalized spacial score (nSPS) is 33.5. The molecule has 80 valence electrons. The highest BCUT2D eigenvalue weighted by Crippen LogP contribution is 2.30. The lowest BCUT2D eigenvalue weighted by molar-refractivity contribution is -0.147. The Morgan fingerprint density at radius 3 is 2.79 bits per heavy atom. The van der Waals surface area contributed by atoms with Gasteiger partial charge in [0.05, 0.1) is 20.3 Å². The zero-order valence-electron chi connectivity index (χ0n) is 8.49. The second-order valence-electron chi connectivity index (χ2n) is 4.08. The van der Waals surface area contributed by atoms with Crippen LogP contribution >= 0.6 is 0 Å². The molecule has 0 radical (unpaired) electrons. The number of esters is 1. The molecule has 2 atom stereocenters. The summed E-state index contributed by atoms with van der Waals surface area (Å²) >= 11 is 0. The van der Waals surface area contributed by atoms with Crippen LogP contribution < -0.4 is 5.32 Å². The minimum Gasteiger partial charge on any atom is -0.468 e. The van der Waals surface area contributed by atoms with Crippen molar-refractivity contribution in [3.8, 4) is 0 Å². The summed E-state index contributed by atoms with van der Waals surface area (Å²) in [4.78, 5) is 11.3. The zero-order valence-corrected chi connectivity index (χ0v) is 8.49. The average molecular weight is 199 g/mol. The Bertz CT molecular complexity index is 215. The minimum atomic E-state index is -0.264. The molecule has 0 bridgehead atoms. The van der Waals surface area contributed by atoms with Crippen molar-refractivity contribution in [2.75, 3.05) is 20.3 Å². The molecule has 2 aliphatic rings. The third-order valence-electron chi connectivity index (χ3n) is 3.20. The first-order valence-corrected chi connectivity index (χ1v) is 5.23. The first-order chi connectivity index (χ1) is 6.81. The largest absolute Gasteiger partial charge is 0.468 e. The van der Waals surface area contributed by atoms with Crippen molar-refractivity contribution < 1.29 is 14.3 Å². The number of carbonyl (C=O) groups is 1. The van der Waals surface area contributed by atoms with Crippen molar-refractivity contribution in [2.24, 2.45) is 5.92 Å². The van der Waals surface area contributed by atoms with Gasteiger partial charge in [0.1, 0.15) is 6.04 Å². The van der Waals surface area contributed by atoms with Gasteiger partial charge in [-0.15, -0.1) is 0 Å². The lowest BCUT2D eigenvalue weighted by atomic mass is 9.79. The number of morpholine rings is 1. The van der Waals surface area contributed by atoms with Gasteiger partial charge in [0.15, 0.2) is 0 Å². The third-order valence-corrected chi connectivity index (χ3v) is 3.20. The smallest absolute Gasteiger partial charge is 0.325 e. The van der Waals surface area contributed by atoms with Crippen LogP contribution in [0.3, 0.4) is 0 Å². The van der Waals surface area contributed by atoms with Gasteiger partial charge in [0.2, 0.25) is 0 Å². The highest BCUT2D eigenvalue weighted by molar-refractivity contribution is 5.75. The molecule has 4 heteroatoms. The Morgan fingerprint density at radius 2 is 2.21 bits per heavy atom. The molecule has 1 heterocycles. The van der Waals surface area contributed by atoms with Crippen LogP contribution in [0.15, 0.2) is 0 Å². The summed E-state index contributed by atoms with van der Waals surface area (Å²) in [6.45, 7) is 1.17. The molecule has 1 saturated carbocycles. The summed E-state index contributed by atoms with van der Waals surface area (Å²) in [5.41, 5.74) is 0. The van der Waals surface area contributed by atoms with Gasteiger partial charge >= 0.3 is 5.97 Å². The van der Waals surface area contributed by atoms with E-state index in [9.17, 15) is 4.79 Å². The van der Waals surface area contributed by atoms with Crippen molar-refractivity contribution in [3.05, 3.63) is 0 Å². The fourth-order valence-corrected chi connectivity index (χ4v) is 2.06. The quantitative estimate of drug-likeness (QED) is 0.650. The Hall–Kier alpha value is -0.610. The number of hydrogen-bond donors (Lipinski definition) is 1. The second-order valence-corrected chi connectivity index (χ2v) is 4.08. The Morgan fingerprint density at radius 1 is 1.43 bits per heavy atom. The zero-order chi connectivity index (χ0) is 9.97. The molecule has 0 aromatic carbocycles. The molecular weight excluding hydrogens is 182 g/mol. The van der Waals surface area contributed by atoms with Gasteiger partial charge in [0, 0.05) is 6.04 Å². The topological polar surface area (TPSA) is 47.6 Å². The molecule has 2 fully saturated rings. The van der Waals surface area contributed by atoms with Gasteiger partial charge < -0.3 is 9.47 Å². The summed E-state index contributed by atoms with van der Waals surface area (Å²) in [6.07, 6.45) is 3.83. The van der Waals surface area contributed by atoms with Gasteiger partial charge in [0.25, 0.3) is 0 Å². The molecule has 1 saturated heterocycles. The third kappa shape index (κ3) is 1.91. The molecule has 0 amide bonds. The number of rotatable bonds is 2. The van der Waals surface area contributed by atoms with Gasteiger partial charge in [-0.1, -0.05) is 6.42 Å². The summed E-state index contributed by atoms with van der Waals surface area (Å²) in [7, 11) is 1.41. The maximum absolute atomic E-state index is 11.3. The van der Waals surface area contributed by atoms with E-state index in [-0.39, 0.29) is 12.0 Å². The van der Waals surface area contributed by atoms with Crippen LogP contribution in [0, 0.1) is 5.92 Å². The van der Waals surface area contributed by atoms with Crippen LogP contribution in [0.5, 0.6) is 0 Å². The molecule has 1 aliphatic carbocycles. The van der Waals surface area contributed by atoms with E-state index in [1.807, 2.05) is 0 Å². The van der Waals surface area contributed by atoms with E-state index in [2.05, 4.69) is 10.1 Å². The summed E-state index contributed by atoms with van der Waals surface area (Å²) in [6, 6.07) is 0.0842. The predicted molar refractivity (Wildman–Crippen MR) is 50.9 cm³/mol. The minimum absolute atomic E-state index is 0.214. The molecule has 4 nitrogen and oxygen atoms in total. The lowest BCUT2D eigenvalue weighted by Crippen LogP contribution is -2.56. The molecule has 1 N–H and O–H groups in total. The first kappa shape index (κ1) is 9.93. The van der Waals surface area contributed by atoms with E-state index in [4.69, 9.17) is 4.74 Å². The SMILES string of the molecule is COC(=O)C1COCC(C2CCC2)N1. The van der Waals surface area contributed by atoms with E-state index >= 15 is 0 Å². The van der Waals surface area contributed by atoms with Crippen LogP contribution in [0.2, 0.25) is 0 Å². The predicted octanol–water partition coefficient (Wildman–Crippen LogP) is 0.316. The fourth-order valence-electron chi connectivity index (χ4n) is 2.06. The maximum Gasteiger partial charge on any atom is 0.325 e. The number of hydrogen-bond acceptors (Lipinski definition) is 4. The van der Waals surface area contributed by atoms with Crippen molar-refractivity contribution in [3.63, 3.8) is 0 Å². The van der Waals surface area contributed by atoms with E-state index < -0.39 is 0 Å². The Kier molecular flexibility index (Phi) is 3.03. The van der Waals surface area contributed by atoms with Gasteiger partial charge in [-0.25, -0.2) is 0 Å². The van der Waals surface area contributed by atoms with Gasteiger partial charge in [-0.3, -0.25) is 10.1 Å². The van der Waals surface area contributed by atoms with Crippen LogP contribution in [-0.4, -0.2) is 38.4 Å². The van der Waals surface area contributed by atoms with E-state index in [1.54, 1.807) is 0 Å². The van der Waals surface area contributed by atoms with Gasteiger partial charge in [-0.2, -0.15) is 0 Å². The second kappa shape index (κ2) is 4.28. The molecule has 0 aromatic heterocycles. The Labute approximate surface area is 84.0 Å². The molecule has 1 aliphatic heterocycles. The van der Waals surface area contributed by atoms with Crippen LogP contribution in [0.4, 0.5) is 0 Å². The summed E-state index contributed by atoms with van der Waals surface area (Å²) < 4.78 is 10.1. The van der Waals surface area contributed by atoms with Gasteiger partial charge in [-0.05, 0) is 18.8 Å². The highest BCUT2D eigenvalue weighted by atomic mass is 16.5. The summed E-state index contributed by atoms with van der Waals surface area (Å²) in [5, 5.41) is 3.31. The average Bonchev–Trinajstić information content (AvgIpc) is 2.14. The fraction of sp³-hybridized carbons (Fsp3) is 0.900. The highest BCUT2D eigenvalue weighted by Gasteiger charge is 2.34. The molecule has 14 heavy (non-hydrogen) atoms. The number of nitrogens with one attached hydrogen (secondary N) is 1. The molecule has 0 aromatic rings. The lowest BCUT2D eigenvalue weighted by Gasteiger charge is -2.39. The molecular formula is C10H17NO3. The number of ether oxygens (including phenoxy) is 2. The van der Waals surface area contributed by atoms with E-state index in [1.165, 1.54) is 26.4 Å². The number of carbonyl (C=O) groups excluding carboxylic acids is 1. The first-order valence-electron chi connectivity index (χ1n) is 5.23. The van der Waals surface area contributed by atoms with Crippen molar-refractivity contribution in [2.45, 2.75) is 31.3 Å². The van der Waals surface area contributed by atoms with Crippen LogP contribution in [0.1, 0.15) is 19.3 Å². The Balaban J connectivity index is 1.86. The standard InChI is InChI=1S/C10H17NO3/c1-13-10(12)9-6-14-5-8(11-9)7-3-2-4-7/h7-9,11H,2-6H2,1H3.